The molecule has 224 valence electrons. The minimum Gasteiger partial charge on any atom is -0.493 e. The molecule has 0 atom stereocenters. The molecule has 2 aromatic carbocycles. The van der Waals surface area contributed by atoms with Crippen molar-refractivity contribution in [3.05, 3.63) is 80.9 Å². The van der Waals surface area contributed by atoms with E-state index >= 15 is 0 Å². The van der Waals surface area contributed by atoms with Crippen LogP contribution in [0.4, 0.5) is 4.39 Å². The Morgan fingerprint density at radius 1 is 0.929 bits per heavy atom. The molecule has 0 saturated carbocycles. The smallest absolute Gasteiger partial charge is 0.180 e. The number of ether oxygens (including phenoxy) is 3. The van der Waals surface area contributed by atoms with E-state index < -0.39 is 5.92 Å². The van der Waals surface area contributed by atoms with E-state index in [1.807, 2.05) is 0 Å². The number of benzene rings is 2. The monoisotopic (exact) mass is 595 g/mol. The summed E-state index contributed by atoms with van der Waals surface area (Å²) in [5, 5.41) is 0.263. The zero-order valence-electron chi connectivity index (χ0n) is 25.2. The number of allylic oxidation sites excluding steroid dienone is 4. The molecule has 2 aromatic rings. The van der Waals surface area contributed by atoms with Crippen LogP contribution in [0.15, 0.2) is 58.9 Å². The lowest BCUT2D eigenvalue weighted by Gasteiger charge is -2.49. The second-order valence-corrected chi connectivity index (χ2v) is 13.5. The lowest BCUT2D eigenvalue weighted by atomic mass is 9.63. The number of carbonyl (C=O) groups excluding carboxylic acids is 2. The van der Waals surface area contributed by atoms with Gasteiger partial charge in [0, 0.05) is 60.5 Å². The van der Waals surface area contributed by atoms with E-state index in [1.54, 1.807) is 37.4 Å². The number of hydrogen-bond donors (Lipinski definition) is 0. The van der Waals surface area contributed by atoms with Gasteiger partial charge in [-0.2, -0.15) is 0 Å². The summed E-state index contributed by atoms with van der Waals surface area (Å²) in [6.07, 6.45) is 2.18. The van der Waals surface area contributed by atoms with Crippen LogP contribution >= 0.6 is 11.6 Å². The summed E-state index contributed by atoms with van der Waals surface area (Å²) in [5.74, 6) is -0.249. The van der Waals surface area contributed by atoms with Crippen molar-refractivity contribution in [3.63, 3.8) is 0 Å². The molecule has 0 unspecified atom stereocenters. The first kappa shape index (κ1) is 30.3. The highest BCUT2D eigenvalue weighted by Crippen LogP contribution is 2.55. The van der Waals surface area contributed by atoms with Gasteiger partial charge < -0.3 is 19.1 Å². The van der Waals surface area contributed by atoms with Crippen molar-refractivity contribution in [3.8, 4) is 11.5 Å². The summed E-state index contributed by atoms with van der Waals surface area (Å²) in [7, 11) is 3.17. The van der Waals surface area contributed by atoms with E-state index in [2.05, 4.69) is 32.6 Å². The molecule has 6 nitrogen and oxygen atoms in total. The number of nitrogens with zero attached hydrogens (tertiary/aromatic N) is 1. The van der Waals surface area contributed by atoms with Crippen molar-refractivity contribution < 1.29 is 28.2 Å². The van der Waals surface area contributed by atoms with Crippen LogP contribution in [0, 0.1) is 16.6 Å². The normalized spacial score (nSPS) is 20.0. The minimum atomic E-state index is -0.576. The third-order valence-electron chi connectivity index (χ3n) is 8.46. The lowest BCUT2D eigenvalue weighted by molar-refractivity contribution is -0.119. The number of ketones is 2. The van der Waals surface area contributed by atoms with Crippen molar-refractivity contribution in [2.24, 2.45) is 10.8 Å². The van der Waals surface area contributed by atoms with E-state index in [4.69, 9.17) is 25.8 Å². The fourth-order valence-electron chi connectivity index (χ4n) is 6.65. The van der Waals surface area contributed by atoms with Crippen LogP contribution in [0.3, 0.4) is 0 Å². The molecule has 2 aliphatic carbocycles. The number of Topliss-reactive ketones (excluding diaryl/α,β-unsaturated/α-hetero) is 2. The third-order valence-corrected chi connectivity index (χ3v) is 8.74. The van der Waals surface area contributed by atoms with Gasteiger partial charge in [-0.1, -0.05) is 57.5 Å². The van der Waals surface area contributed by atoms with Crippen molar-refractivity contribution in [2.45, 2.75) is 65.9 Å². The van der Waals surface area contributed by atoms with Crippen molar-refractivity contribution in [2.75, 3.05) is 27.4 Å². The van der Waals surface area contributed by atoms with Gasteiger partial charge in [-0.3, -0.25) is 9.59 Å². The van der Waals surface area contributed by atoms with E-state index in [0.717, 1.165) is 11.4 Å². The molecule has 8 heteroatoms. The largest absolute Gasteiger partial charge is 0.493 e. The van der Waals surface area contributed by atoms with Crippen molar-refractivity contribution in [1.29, 1.82) is 0 Å². The third kappa shape index (κ3) is 5.73. The first-order chi connectivity index (χ1) is 19.9. The molecule has 3 aliphatic rings. The highest BCUT2D eigenvalue weighted by atomic mass is 35.5. The molecular formula is C34H39ClFNO5. The van der Waals surface area contributed by atoms with Gasteiger partial charge in [0.15, 0.2) is 23.1 Å². The van der Waals surface area contributed by atoms with Crippen LogP contribution in [0.2, 0.25) is 5.02 Å². The minimum absolute atomic E-state index is 0.0350. The summed E-state index contributed by atoms with van der Waals surface area (Å²) < 4.78 is 31.4. The number of rotatable bonds is 8. The summed E-state index contributed by atoms with van der Waals surface area (Å²) in [6, 6.07) is 9.94. The molecule has 1 heterocycles. The molecular weight excluding hydrogens is 557 g/mol. The van der Waals surface area contributed by atoms with Gasteiger partial charge in [-0.15, -0.1) is 0 Å². The Morgan fingerprint density at radius 3 is 2.07 bits per heavy atom. The fraction of sp³-hybridized carbons (Fsp3) is 0.471. The van der Waals surface area contributed by atoms with Gasteiger partial charge in [0.05, 0.1) is 18.7 Å². The molecule has 0 saturated heterocycles. The summed E-state index contributed by atoms with van der Waals surface area (Å²) in [4.78, 5) is 30.1. The van der Waals surface area contributed by atoms with Crippen LogP contribution in [0.5, 0.6) is 11.5 Å². The van der Waals surface area contributed by atoms with Gasteiger partial charge in [0.2, 0.25) is 0 Å². The first-order valence-electron chi connectivity index (χ1n) is 14.4. The van der Waals surface area contributed by atoms with Gasteiger partial charge in [-0.05, 0) is 47.4 Å². The van der Waals surface area contributed by atoms with Crippen LogP contribution in [-0.4, -0.2) is 43.8 Å². The number of carbonyl (C=O) groups is 2. The quantitative estimate of drug-likeness (QED) is 0.317. The molecule has 0 aromatic heterocycles. The van der Waals surface area contributed by atoms with Crippen molar-refractivity contribution in [1.82, 2.24) is 4.90 Å². The van der Waals surface area contributed by atoms with Crippen molar-refractivity contribution >= 4 is 23.2 Å². The van der Waals surface area contributed by atoms with E-state index in [0.29, 0.717) is 66.9 Å². The molecule has 0 amide bonds. The Balaban J connectivity index is 1.66. The van der Waals surface area contributed by atoms with E-state index in [-0.39, 0.29) is 45.6 Å². The molecule has 0 bridgehead atoms. The van der Waals surface area contributed by atoms with Gasteiger partial charge in [0.1, 0.15) is 12.4 Å². The van der Waals surface area contributed by atoms with Crippen LogP contribution in [0.25, 0.3) is 0 Å². The van der Waals surface area contributed by atoms with Crippen LogP contribution < -0.4 is 9.47 Å². The predicted molar refractivity (Wildman–Crippen MR) is 160 cm³/mol. The molecule has 1 aliphatic heterocycles. The average molecular weight is 596 g/mol. The Labute approximate surface area is 252 Å². The zero-order chi connectivity index (χ0) is 30.4. The highest BCUT2D eigenvalue weighted by Gasteiger charge is 2.49. The molecule has 0 radical (unpaired) electrons. The summed E-state index contributed by atoms with van der Waals surface area (Å²) in [6.45, 7) is 9.43. The molecule has 5 rings (SSSR count). The molecule has 42 heavy (non-hydrogen) atoms. The number of halogens is 2. The maximum absolute atomic E-state index is 14.3. The summed E-state index contributed by atoms with van der Waals surface area (Å²) >= 11 is 6.82. The highest BCUT2D eigenvalue weighted by molar-refractivity contribution is 6.32. The van der Waals surface area contributed by atoms with Gasteiger partial charge in [-0.25, -0.2) is 4.39 Å². The molecule has 0 N–H and O–H groups in total. The topological polar surface area (TPSA) is 65.1 Å². The number of hydrogen-bond acceptors (Lipinski definition) is 6. The number of methoxy groups -OCH3 is 2. The molecule has 0 fully saturated rings. The summed E-state index contributed by atoms with van der Waals surface area (Å²) in [5.41, 5.74) is 3.84. The maximum atomic E-state index is 14.3. The Morgan fingerprint density at radius 2 is 1.52 bits per heavy atom. The van der Waals surface area contributed by atoms with E-state index in [9.17, 15) is 14.0 Å². The van der Waals surface area contributed by atoms with Crippen LogP contribution in [-0.2, 0) is 20.9 Å². The Hall–Kier alpha value is -3.16. The zero-order valence-corrected chi connectivity index (χ0v) is 26.0. The Bertz CT molecular complexity index is 1440. The van der Waals surface area contributed by atoms with Crippen LogP contribution in [0.1, 0.15) is 70.4 Å². The molecule has 0 spiro atoms. The van der Waals surface area contributed by atoms with E-state index in [1.165, 1.54) is 13.2 Å². The maximum Gasteiger partial charge on any atom is 0.180 e. The van der Waals surface area contributed by atoms with Gasteiger partial charge >= 0.3 is 0 Å². The Kier molecular flexibility index (Phi) is 8.29. The fourth-order valence-corrected chi connectivity index (χ4v) is 6.92. The second-order valence-electron chi connectivity index (χ2n) is 13.1. The SMILES string of the molecule is COCCN1C2=C(C(=O)CC(C)(C)C2)C(c2cc(Cl)c(OCc3ccccc3F)c(OC)c2)C2=C1CC(C)(C)CC2=O. The van der Waals surface area contributed by atoms with Gasteiger partial charge in [0.25, 0.3) is 0 Å². The lowest BCUT2D eigenvalue weighted by Crippen LogP contribution is -2.45. The second kappa shape index (κ2) is 11.5. The average Bonchev–Trinajstić information content (AvgIpc) is 2.90. The first-order valence-corrected chi connectivity index (χ1v) is 14.8. The standard InChI is InChI=1S/C34H39ClFNO5/c1-33(2)15-24-30(26(38)17-33)29(31-25(37(24)11-12-40-5)16-34(3,4)18-27(31)39)21-13-22(35)32(28(14-21)41-6)42-19-20-9-7-8-10-23(20)36/h7-10,13-14,29H,11-12,15-19H2,1-6H3. The predicted octanol–water partition coefficient (Wildman–Crippen LogP) is 7.40.